The second kappa shape index (κ2) is 5.40. The lowest BCUT2D eigenvalue weighted by molar-refractivity contribution is 0.794. The van der Waals surface area contributed by atoms with Crippen LogP contribution in [0.25, 0.3) is 11.0 Å². The highest BCUT2D eigenvalue weighted by atomic mass is 35.5. The van der Waals surface area contributed by atoms with Gasteiger partial charge in [0, 0.05) is 11.4 Å². The van der Waals surface area contributed by atoms with E-state index in [2.05, 4.69) is 15.5 Å². The quantitative estimate of drug-likeness (QED) is 0.665. The molecule has 3 heteroatoms. The molecule has 20 heavy (non-hydrogen) atoms. The van der Waals surface area contributed by atoms with Crippen molar-refractivity contribution in [3.05, 3.63) is 64.9 Å². The molecule has 0 aliphatic heterocycles. The predicted molar refractivity (Wildman–Crippen MR) is 82.8 cm³/mol. The first-order valence-electron chi connectivity index (χ1n) is 6.40. The fraction of sp³-hybridized carbons (Fsp3) is 0.118. The van der Waals surface area contributed by atoms with Gasteiger partial charge >= 0.3 is 0 Å². The SMILES string of the molecule is C#CCn1c(Cc2ccccc2Cl)nc2ccccc21. The number of nitrogens with zero attached hydrogens (tertiary/aromatic N) is 2. The summed E-state index contributed by atoms with van der Waals surface area (Å²) in [6.07, 6.45) is 6.15. The third-order valence-electron chi connectivity index (χ3n) is 3.29. The van der Waals surface area contributed by atoms with E-state index in [1.807, 2.05) is 48.5 Å². The molecule has 0 radical (unpaired) electrons. The maximum atomic E-state index is 6.22. The van der Waals surface area contributed by atoms with E-state index in [-0.39, 0.29) is 0 Å². The molecule has 0 saturated heterocycles. The summed E-state index contributed by atoms with van der Waals surface area (Å²) in [6, 6.07) is 15.8. The standard InChI is InChI=1S/C17H13ClN2/c1-2-11-20-16-10-6-5-9-15(16)19-17(20)12-13-7-3-4-8-14(13)18/h1,3-10H,11-12H2. The van der Waals surface area contributed by atoms with E-state index in [0.29, 0.717) is 13.0 Å². The topological polar surface area (TPSA) is 17.8 Å². The summed E-state index contributed by atoms with van der Waals surface area (Å²) >= 11 is 6.22. The predicted octanol–water partition coefficient (Wildman–Crippen LogP) is 3.91. The largest absolute Gasteiger partial charge is 0.316 e. The molecular weight excluding hydrogens is 268 g/mol. The van der Waals surface area contributed by atoms with E-state index >= 15 is 0 Å². The number of halogens is 1. The Labute approximate surface area is 123 Å². The highest BCUT2D eigenvalue weighted by molar-refractivity contribution is 6.31. The van der Waals surface area contributed by atoms with Crippen LogP contribution in [-0.4, -0.2) is 9.55 Å². The van der Waals surface area contributed by atoms with Crippen LogP contribution >= 0.6 is 11.6 Å². The van der Waals surface area contributed by atoms with E-state index in [0.717, 1.165) is 27.4 Å². The van der Waals surface area contributed by atoms with Crippen molar-refractivity contribution >= 4 is 22.6 Å². The maximum absolute atomic E-state index is 6.22. The Bertz CT molecular complexity index is 796. The number of benzene rings is 2. The number of fused-ring (bicyclic) bond motifs is 1. The summed E-state index contributed by atoms with van der Waals surface area (Å²) in [5.74, 6) is 3.63. The third-order valence-corrected chi connectivity index (χ3v) is 3.66. The monoisotopic (exact) mass is 280 g/mol. The summed E-state index contributed by atoms with van der Waals surface area (Å²) in [5, 5.41) is 0.756. The normalized spacial score (nSPS) is 10.6. The summed E-state index contributed by atoms with van der Waals surface area (Å²) < 4.78 is 2.07. The van der Waals surface area contributed by atoms with Crippen molar-refractivity contribution in [1.82, 2.24) is 9.55 Å². The van der Waals surface area contributed by atoms with Crippen molar-refractivity contribution < 1.29 is 0 Å². The average molecular weight is 281 g/mol. The summed E-state index contributed by atoms with van der Waals surface area (Å²) in [5.41, 5.74) is 3.08. The van der Waals surface area contributed by atoms with Gasteiger partial charge in [0.05, 0.1) is 17.6 Å². The molecule has 3 rings (SSSR count). The molecule has 0 N–H and O–H groups in total. The van der Waals surface area contributed by atoms with Crippen LogP contribution in [-0.2, 0) is 13.0 Å². The summed E-state index contributed by atoms with van der Waals surface area (Å²) in [6.45, 7) is 0.514. The van der Waals surface area contributed by atoms with Gasteiger partial charge in [-0.15, -0.1) is 6.42 Å². The van der Waals surface area contributed by atoms with Crippen LogP contribution in [0.15, 0.2) is 48.5 Å². The second-order valence-corrected chi connectivity index (χ2v) is 4.98. The van der Waals surface area contributed by atoms with Gasteiger partial charge in [-0.2, -0.15) is 0 Å². The highest BCUT2D eigenvalue weighted by Crippen LogP contribution is 2.22. The van der Waals surface area contributed by atoms with Gasteiger partial charge in [-0.1, -0.05) is 47.9 Å². The Balaban J connectivity index is 2.09. The number of aromatic nitrogens is 2. The van der Waals surface area contributed by atoms with Gasteiger partial charge in [-0.05, 0) is 23.8 Å². The molecule has 0 bridgehead atoms. The fourth-order valence-corrected chi connectivity index (χ4v) is 2.54. The molecule has 0 aliphatic carbocycles. The van der Waals surface area contributed by atoms with E-state index in [1.54, 1.807) is 0 Å². The molecule has 2 aromatic carbocycles. The highest BCUT2D eigenvalue weighted by Gasteiger charge is 2.11. The fourth-order valence-electron chi connectivity index (χ4n) is 2.34. The zero-order valence-electron chi connectivity index (χ0n) is 10.9. The molecule has 0 spiro atoms. The van der Waals surface area contributed by atoms with Crippen molar-refractivity contribution in [2.75, 3.05) is 0 Å². The van der Waals surface area contributed by atoms with Crippen molar-refractivity contribution in [1.29, 1.82) is 0 Å². The third kappa shape index (κ3) is 2.29. The molecule has 1 heterocycles. The van der Waals surface area contributed by atoms with E-state index in [9.17, 15) is 0 Å². The minimum atomic E-state index is 0.514. The molecule has 1 aromatic heterocycles. The molecular formula is C17H13ClN2. The van der Waals surface area contributed by atoms with Gasteiger partial charge < -0.3 is 4.57 Å². The van der Waals surface area contributed by atoms with Gasteiger partial charge in [0.15, 0.2) is 0 Å². The van der Waals surface area contributed by atoms with Crippen molar-refractivity contribution in [2.24, 2.45) is 0 Å². The molecule has 0 aliphatic rings. The molecule has 0 unspecified atom stereocenters. The van der Waals surface area contributed by atoms with Crippen LogP contribution in [0.3, 0.4) is 0 Å². The van der Waals surface area contributed by atoms with Crippen LogP contribution in [0.4, 0.5) is 0 Å². The second-order valence-electron chi connectivity index (χ2n) is 4.58. The molecule has 0 atom stereocenters. The Morgan fingerprint density at radius 2 is 1.85 bits per heavy atom. The average Bonchev–Trinajstić information content (AvgIpc) is 2.80. The Kier molecular flexibility index (Phi) is 3.45. The van der Waals surface area contributed by atoms with Gasteiger partial charge in [-0.25, -0.2) is 4.98 Å². The Morgan fingerprint density at radius 3 is 2.65 bits per heavy atom. The number of hydrogen-bond acceptors (Lipinski definition) is 1. The Morgan fingerprint density at radius 1 is 1.10 bits per heavy atom. The lowest BCUT2D eigenvalue weighted by Gasteiger charge is -2.06. The summed E-state index contributed by atoms with van der Waals surface area (Å²) in [7, 11) is 0. The molecule has 2 nitrogen and oxygen atoms in total. The van der Waals surface area contributed by atoms with Gasteiger partial charge in [0.1, 0.15) is 5.82 Å². The van der Waals surface area contributed by atoms with Crippen LogP contribution in [0.2, 0.25) is 5.02 Å². The maximum Gasteiger partial charge on any atom is 0.115 e. The first kappa shape index (κ1) is 12.8. The zero-order chi connectivity index (χ0) is 13.9. The molecule has 0 amide bonds. The molecule has 0 fully saturated rings. The van der Waals surface area contributed by atoms with Crippen LogP contribution in [0.5, 0.6) is 0 Å². The van der Waals surface area contributed by atoms with Crippen LogP contribution in [0, 0.1) is 12.3 Å². The smallest absolute Gasteiger partial charge is 0.115 e. The van der Waals surface area contributed by atoms with Gasteiger partial charge in [0.25, 0.3) is 0 Å². The summed E-state index contributed by atoms with van der Waals surface area (Å²) in [4.78, 5) is 4.68. The Hall–Kier alpha value is -2.24. The van der Waals surface area contributed by atoms with Gasteiger partial charge in [-0.3, -0.25) is 0 Å². The van der Waals surface area contributed by atoms with Gasteiger partial charge in [0.2, 0.25) is 0 Å². The first-order valence-corrected chi connectivity index (χ1v) is 6.78. The number of para-hydroxylation sites is 2. The van der Waals surface area contributed by atoms with Crippen molar-refractivity contribution in [2.45, 2.75) is 13.0 Å². The van der Waals surface area contributed by atoms with Crippen molar-refractivity contribution in [3.63, 3.8) is 0 Å². The van der Waals surface area contributed by atoms with Crippen LogP contribution in [0.1, 0.15) is 11.4 Å². The minimum absolute atomic E-state index is 0.514. The number of hydrogen-bond donors (Lipinski definition) is 0. The minimum Gasteiger partial charge on any atom is -0.316 e. The zero-order valence-corrected chi connectivity index (χ0v) is 11.6. The number of rotatable bonds is 3. The molecule has 98 valence electrons. The number of terminal acetylenes is 1. The first-order chi connectivity index (χ1) is 9.79. The van der Waals surface area contributed by atoms with Crippen molar-refractivity contribution in [3.8, 4) is 12.3 Å². The lowest BCUT2D eigenvalue weighted by atomic mass is 10.1. The molecule has 0 saturated carbocycles. The van der Waals surface area contributed by atoms with Crippen LogP contribution < -0.4 is 0 Å². The molecule has 3 aromatic rings. The van der Waals surface area contributed by atoms with E-state index < -0.39 is 0 Å². The lowest BCUT2D eigenvalue weighted by Crippen LogP contribution is -2.03. The van der Waals surface area contributed by atoms with E-state index in [1.165, 1.54) is 0 Å². The number of imidazole rings is 1. The van der Waals surface area contributed by atoms with E-state index in [4.69, 9.17) is 18.0 Å².